The number of carbonyl (C=O) groups is 2. The molecular formula is C25H24ClN3O5. The molecule has 0 aliphatic carbocycles. The smallest absolute Gasteiger partial charge is 0.253 e. The van der Waals surface area contributed by atoms with Gasteiger partial charge in [0.15, 0.2) is 11.5 Å². The zero-order valence-electron chi connectivity index (χ0n) is 18.7. The van der Waals surface area contributed by atoms with E-state index in [2.05, 4.69) is 16.0 Å². The molecule has 0 fully saturated rings. The van der Waals surface area contributed by atoms with Crippen molar-refractivity contribution in [3.8, 4) is 17.2 Å². The number of fused-ring (bicyclic) bond motifs is 1. The van der Waals surface area contributed by atoms with Crippen LogP contribution in [0.3, 0.4) is 0 Å². The monoisotopic (exact) mass is 481 g/mol. The molecule has 0 radical (unpaired) electrons. The van der Waals surface area contributed by atoms with Gasteiger partial charge in [-0.05, 0) is 48.4 Å². The molecule has 0 saturated heterocycles. The Morgan fingerprint density at radius 1 is 1.03 bits per heavy atom. The first-order chi connectivity index (χ1) is 16.4. The molecule has 8 nitrogen and oxygen atoms in total. The van der Waals surface area contributed by atoms with Crippen LogP contribution < -0.4 is 30.2 Å². The predicted molar refractivity (Wildman–Crippen MR) is 130 cm³/mol. The first-order valence-electron chi connectivity index (χ1n) is 10.6. The molecule has 1 aliphatic rings. The van der Waals surface area contributed by atoms with Gasteiger partial charge in [0.1, 0.15) is 5.75 Å². The second kappa shape index (κ2) is 10.4. The SMILES string of the molecule is COc1cc(Cl)c(C)cc1NC(=O)CNc1ccccc1C(=O)NCc1ccc2c(c1)OCO2. The summed E-state index contributed by atoms with van der Waals surface area (Å²) in [5.41, 5.74) is 3.19. The topological polar surface area (TPSA) is 97.9 Å². The van der Waals surface area contributed by atoms with Gasteiger partial charge >= 0.3 is 0 Å². The lowest BCUT2D eigenvalue weighted by atomic mass is 10.1. The molecule has 0 spiro atoms. The van der Waals surface area contributed by atoms with E-state index in [-0.39, 0.29) is 25.2 Å². The van der Waals surface area contributed by atoms with Crippen molar-refractivity contribution in [2.45, 2.75) is 13.5 Å². The third-order valence-electron chi connectivity index (χ3n) is 5.26. The Labute approximate surface area is 202 Å². The molecule has 3 aromatic rings. The lowest BCUT2D eigenvalue weighted by molar-refractivity contribution is -0.114. The molecule has 0 bridgehead atoms. The van der Waals surface area contributed by atoms with Crippen molar-refractivity contribution in [1.82, 2.24) is 5.32 Å². The molecule has 3 aromatic carbocycles. The molecule has 3 N–H and O–H groups in total. The highest BCUT2D eigenvalue weighted by molar-refractivity contribution is 6.31. The number of methoxy groups -OCH3 is 1. The van der Waals surface area contributed by atoms with Crippen molar-refractivity contribution in [2.75, 3.05) is 31.1 Å². The maximum Gasteiger partial charge on any atom is 0.253 e. The summed E-state index contributed by atoms with van der Waals surface area (Å²) in [6.07, 6.45) is 0. The summed E-state index contributed by atoms with van der Waals surface area (Å²) >= 11 is 6.12. The number of carbonyl (C=O) groups excluding carboxylic acids is 2. The second-order valence-electron chi connectivity index (χ2n) is 7.62. The first-order valence-corrected chi connectivity index (χ1v) is 11.0. The number of ether oxygens (including phenoxy) is 3. The van der Waals surface area contributed by atoms with Gasteiger partial charge in [-0.2, -0.15) is 0 Å². The van der Waals surface area contributed by atoms with E-state index in [4.69, 9.17) is 25.8 Å². The molecule has 4 rings (SSSR count). The number of hydrogen-bond donors (Lipinski definition) is 3. The number of anilines is 2. The van der Waals surface area contributed by atoms with Gasteiger partial charge in [-0.1, -0.05) is 29.8 Å². The van der Waals surface area contributed by atoms with Gasteiger partial charge < -0.3 is 30.2 Å². The van der Waals surface area contributed by atoms with Gasteiger partial charge in [-0.15, -0.1) is 0 Å². The van der Waals surface area contributed by atoms with E-state index >= 15 is 0 Å². The van der Waals surface area contributed by atoms with Crippen LogP contribution in [0, 0.1) is 6.92 Å². The highest BCUT2D eigenvalue weighted by Crippen LogP contribution is 2.33. The molecule has 2 amide bonds. The fourth-order valence-corrected chi connectivity index (χ4v) is 3.62. The van der Waals surface area contributed by atoms with E-state index in [1.54, 1.807) is 36.4 Å². The number of hydrogen-bond acceptors (Lipinski definition) is 6. The maximum absolute atomic E-state index is 12.8. The minimum absolute atomic E-state index is 0.0444. The molecule has 9 heteroatoms. The number of benzene rings is 3. The molecule has 0 atom stereocenters. The number of nitrogens with one attached hydrogen (secondary N) is 3. The number of para-hydroxylation sites is 1. The zero-order valence-corrected chi connectivity index (χ0v) is 19.5. The average molecular weight is 482 g/mol. The van der Waals surface area contributed by atoms with Crippen LogP contribution in [0.2, 0.25) is 5.02 Å². The molecule has 176 valence electrons. The normalized spacial score (nSPS) is 11.6. The lowest BCUT2D eigenvalue weighted by Gasteiger charge is -2.14. The standard InChI is InChI=1S/C25H24ClN3O5/c1-15-9-20(22(32-2)11-18(15)26)29-24(30)13-27-19-6-4-3-5-17(19)25(31)28-12-16-7-8-21-23(10-16)34-14-33-21/h3-11,27H,12-14H2,1-2H3,(H,28,31)(H,29,30). The van der Waals surface area contributed by atoms with Crippen molar-refractivity contribution in [3.63, 3.8) is 0 Å². The van der Waals surface area contributed by atoms with Gasteiger partial charge in [0.05, 0.1) is 24.9 Å². The van der Waals surface area contributed by atoms with Crippen LogP contribution in [0.25, 0.3) is 0 Å². The first kappa shape index (κ1) is 23.3. The van der Waals surface area contributed by atoms with Crippen molar-refractivity contribution >= 4 is 34.8 Å². The molecule has 0 unspecified atom stereocenters. The highest BCUT2D eigenvalue weighted by atomic mass is 35.5. The van der Waals surface area contributed by atoms with Crippen LogP contribution in [0.5, 0.6) is 17.2 Å². The van der Waals surface area contributed by atoms with Crippen LogP contribution in [0.1, 0.15) is 21.5 Å². The van der Waals surface area contributed by atoms with E-state index < -0.39 is 0 Å². The fourth-order valence-electron chi connectivity index (χ4n) is 3.46. The lowest BCUT2D eigenvalue weighted by Crippen LogP contribution is -2.26. The number of aryl methyl sites for hydroxylation is 1. The van der Waals surface area contributed by atoms with Crippen LogP contribution in [0.15, 0.2) is 54.6 Å². The van der Waals surface area contributed by atoms with E-state index in [1.165, 1.54) is 7.11 Å². The summed E-state index contributed by atoms with van der Waals surface area (Å²) < 4.78 is 16.0. The molecule has 34 heavy (non-hydrogen) atoms. The number of amides is 2. The van der Waals surface area contributed by atoms with Crippen LogP contribution in [0.4, 0.5) is 11.4 Å². The average Bonchev–Trinajstić information content (AvgIpc) is 3.31. The Morgan fingerprint density at radius 3 is 2.65 bits per heavy atom. The molecule has 1 aliphatic heterocycles. The fraction of sp³-hybridized carbons (Fsp3) is 0.200. The second-order valence-corrected chi connectivity index (χ2v) is 8.03. The van der Waals surface area contributed by atoms with Crippen molar-refractivity contribution in [3.05, 3.63) is 76.3 Å². The van der Waals surface area contributed by atoms with Crippen molar-refractivity contribution < 1.29 is 23.8 Å². The largest absolute Gasteiger partial charge is 0.495 e. The minimum Gasteiger partial charge on any atom is -0.495 e. The van der Waals surface area contributed by atoms with E-state index in [1.807, 2.05) is 25.1 Å². The molecular weight excluding hydrogens is 458 g/mol. The third kappa shape index (κ3) is 5.35. The summed E-state index contributed by atoms with van der Waals surface area (Å²) in [6, 6.07) is 15.9. The van der Waals surface area contributed by atoms with Crippen LogP contribution >= 0.6 is 11.6 Å². The van der Waals surface area contributed by atoms with Crippen LogP contribution in [-0.2, 0) is 11.3 Å². The molecule has 0 saturated carbocycles. The summed E-state index contributed by atoms with van der Waals surface area (Å²) in [6.45, 7) is 2.31. The van der Waals surface area contributed by atoms with Gasteiger partial charge in [0.2, 0.25) is 12.7 Å². The minimum atomic E-state index is -0.296. The Balaban J connectivity index is 1.37. The highest BCUT2D eigenvalue weighted by Gasteiger charge is 2.16. The Bertz CT molecular complexity index is 1230. The number of halogens is 1. The summed E-state index contributed by atoms with van der Waals surface area (Å²) in [4.78, 5) is 25.4. The van der Waals surface area contributed by atoms with E-state index in [0.717, 1.165) is 11.1 Å². The zero-order chi connectivity index (χ0) is 24.1. The third-order valence-corrected chi connectivity index (χ3v) is 5.66. The maximum atomic E-state index is 12.8. The molecule has 0 aromatic heterocycles. The summed E-state index contributed by atoms with van der Waals surface area (Å²) in [5.74, 6) is 1.25. The van der Waals surface area contributed by atoms with E-state index in [0.29, 0.717) is 45.8 Å². The van der Waals surface area contributed by atoms with Gasteiger partial charge in [0, 0.05) is 23.3 Å². The van der Waals surface area contributed by atoms with E-state index in [9.17, 15) is 9.59 Å². The summed E-state index contributed by atoms with van der Waals surface area (Å²) in [7, 11) is 1.51. The Morgan fingerprint density at radius 2 is 1.82 bits per heavy atom. The van der Waals surface area contributed by atoms with Crippen molar-refractivity contribution in [1.29, 1.82) is 0 Å². The summed E-state index contributed by atoms with van der Waals surface area (Å²) in [5, 5.41) is 9.29. The van der Waals surface area contributed by atoms with Crippen molar-refractivity contribution in [2.24, 2.45) is 0 Å². The Kier molecular flexibility index (Phi) is 7.08. The molecule has 1 heterocycles. The Hall–Kier alpha value is -3.91. The van der Waals surface area contributed by atoms with Gasteiger partial charge in [-0.25, -0.2) is 0 Å². The van der Waals surface area contributed by atoms with Gasteiger partial charge in [-0.3, -0.25) is 9.59 Å². The number of rotatable bonds is 8. The van der Waals surface area contributed by atoms with Crippen LogP contribution in [-0.4, -0.2) is 32.3 Å². The van der Waals surface area contributed by atoms with Gasteiger partial charge in [0.25, 0.3) is 5.91 Å². The predicted octanol–water partition coefficient (Wildman–Crippen LogP) is 4.37. The quantitative estimate of drug-likeness (QED) is 0.442.